The average Bonchev–Trinajstić information content (AvgIpc) is 2.66. The second kappa shape index (κ2) is 7.47. The van der Waals surface area contributed by atoms with E-state index in [1.54, 1.807) is 0 Å². The van der Waals surface area contributed by atoms with Gasteiger partial charge in [-0.2, -0.15) is 13.2 Å². The van der Waals surface area contributed by atoms with E-state index in [9.17, 15) is 18.0 Å². The molecule has 0 radical (unpaired) electrons. The molecule has 1 aliphatic rings. The Morgan fingerprint density at radius 3 is 2.52 bits per heavy atom. The summed E-state index contributed by atoms with van der Waals surface area (Å²) in [5.41, 5.74) is 2.12. The number of amides is 1. The van der Waals surface area contributed by atoms with Crippen LogP contribution < -0.4 is 10.2 Å². The lowest BCUT2D eigenvalue weighted by Gasteiger charge is -2.38. The van der Waals surface area contributed by atoms with Crippen LogP contribution in [0.15, 0.2) is 61.2 Å². The van der Waals surface area contributed by atoms with Crippen LogP contribution in [0.5, 0.6) is 0 Å². The van der Waals surface area contributed by atoms with Crippen molar-refractivity contribution < 1.29 is 18.0 Å². The molecule has 6 heteroatoms. The van der Waals surface area contributed by atoms with Crippen molar-refractivity contribution in [1.29, 1.82) is 0 Å². The van der Waals surface area contributed by atoms with E-state index in [0.717, 1.165) is 29.8 Å². The molecule has 0 bridgehead atoms. The van der Waals surface area contributed by atoms with Crippen LogP contribution in [0, 0.1) is 5.92 Å². The molecule has 2 unspecified atom stereocenters. The standard InChI is InChI=1S/C21H21F3N2O/c1-3-20(27)25-14(2)16-12-15-6-4-5-7-19(15)26(13-16)18-10-8-17(9-11-18)21(22,23)24/h3-11,14,16H,1,12-13H2,2H3,(H,25,27). The summed E-state index contributed by atoms with van der Waals surface area (Å²) in [6, 6.07) is 12.9. The Morgan fingerprint density at radius 2 is 1.89 bits per heavy atom. The number of fused-ring (bicyclic) bond motifs is 1. The maximum Gasteiger partial charge on any atom is 0.416 e. The van der Waals surface area contributed by atoms with Crippen LogP contribution in [-0.4, -0.2) is 18.5 Å². The molecule has 1 amide bonds. The topological polar surface area (TPSA) is 32.3 Å². The Morgan fingerprint density at radius 1 is 1.22 bits per heavy atom. The van der Waals surface area contributed by atoms with E-state index in [2.05, 4.69) is 11.9 Å². The fourth-order valence-electron chi connectivity index (χ4n) is 3.44. The van der Waals surface area contributed by atoms with Gasteiger partial charge in [-0.1, -0.05) is 24.8 Å². The molecule has 0 fully saturated rings. The molecule has 27 heavy (non-hydrogen) atoms. The van der Waals surface area contributed by atoms with Crippen molar-refractivity contribution in [3.05, 3.63) is 72.3 Å². The van der Waals surface area contributed by atoms with Crippen LogP contribution in [0.4, 0.5) is 24.5 Å². The van der Waals surface area contributed by atoms with E-state index < -0.39 is 11.7 Å². The van der Waals surface area contributed by atoms with Crippen LogP contribution in [0.2, 0.25) is 0 Å². The highest BCUT2D eigenvalue weighted by atomic mass is 19.4. The van der Waals surface area contributed by atoms with Gasteiger partial charge in [0, 0.05) is 29.9 Å². The number of carbonyl (C=O) groups excluding carboxylic acids is 1. The Bertz CT molecular complexity index is 830. The third kappa shape index (κ3) is 4.15. The molecule has 142 valence electrons. The van der Waals surface area contributed by atoms with E-state index in [1.807, 2.05) is 36.1 Å². The normalized spacial score (nSPS) is 17.8. The number of hydrogen-bond acceptors (Lipinski definition) is 2. The van der Waals surface area contributed by atoms with Gasteiger partial charge in [0.05, 0.1) is 5.56 Å². The summed E-state index contributed by atoms with van der Waals surface area (Å²) in [5, 5.41) is 2.90. The molecule has 1 aliphatic heterocycles. The Hall–Kier alpha value is -2.76. The van der Waals surface area contributed by atoms with Gasteiger partial charge in [0.2, 0.25) is 5.91 Å². The molecule has 0 aromatic heterocycles. The molecule has 2 atom stereocenters. The molecule has 0 saturated heterocycles. The monoisotopic (exact) mass is 374 g/mol. The molecular weight excluding hydrogens is 353 g/mol. The lowest BCUT2D eigenvalue weighted by atomic mass is 9.87. The summed E-state index contributed by atoms with van der Waals surface area (Å²) < 4.78 is 38.6. The lowest BCUT2D eigenvalue weighted by molar-refractivity contribution is -0.137. The number of hydrogen-bond donors (Lipinski definition) is 1. The predicted molar refractivity (Wildman–Crippen MR) is 99.9 cm³/mol. The molecule has 1 N–H and O–H groups in total. The van der Waals surface area contributed by atoms with Crippen LogP contribution in [0.3, 0.4) is 0 Å². The summed E-state index contributed by atoms with van der Waals surface area (Å²) in [7, 11) is 0. The number of nitrogens with zero attached hydrogens (tertiary/aromatic N) is 1. The Balaban J connectivity index is 1.91. The van der Waals surface area contributed by atoms with Crippen molar-refractivity contribution in [3.8, 4) is 0 Å². The maximum atomic E-state index is 12.9. The number of para-hydroxylation sites is 1. The van der Waals surface area contributed by atoms with Gasteiger partial charge < -0.3 is 10.2 Å². The first-order valence-electron chi connectivity index (χ1n) is 8.75. The molecule has 0 saturated carbocycles. The zero-order valence-corrected chi connectivity index (χ0v) is 15.0. The smallest absolute Gasteiger partial charge is 0.350 e. The van der Waals surface area contributed by atoms with Gasteiger partial charge in [-0.05, 0) is 55.3 Å². The highest BCUT2D eigenvalue weighted by Crippen LogP contribution is 2.37. The van der Waals surface area contributed by atoms with Crippen LogP contribution in [0.1, 0.15) is 18.1 Å². The number of nitrogens with one attached hydrogen (secondary N) is 1. The average molecular weight is 374 g/mol. The molecule has 2 aromatic carbocycles. The van der Waals surface area contributed by atoms with E-state index in [1.165, 1.54) is 18.2 Å². The summed E-state index contributed by atoms with van der Waals surface area (Å²) in [6.45, 7) is 6.00. The Labute approximate surface area is 156 Å². The number of benzene rings is 2. The summed E-state index contributed by atoms with van der Waals surface area (Å²) >= 11 is 0. The second-order valence-corrected chi connectivity index (χ2v) is 6.75. The van der Waals surface area contributed by atoms with Gasteiger partial charge in [-0.25, -0.2) is 0 Å². The van der Waals surface area contributed by atoms with Crippen molar-refractivity contribution in [2.45, 2.75) is 25.6 Å². The first kappa shape index (κ1) is 19.0. The Kier molecular flexibility index (Phi) is 5.26. The third-order valence-electron chi connectivity index (χ3n) is 4.95. The highest BCUT2D eigenvalue weighted by Gasteiger charge is 2.32. The molecule has 3 rings (SSSR count). The van der Waals surface area contributed by atoms with Gasteiger partial charge in [0.15, 0.2) is 0 Å². The number of alkyl halides is 3. The van der Waals surface area contributed by atoms with Gasteiger partial charge in [0.1, 0.15) is 0 Å². The number of carbonyl (C=O) groups is 1. The highest BCUT2D eigenvalue weighted by molar-refractivity contribution is 5.87. The van der Waals surface area contributed by atoms with Gasteiger partial charge >= 0.3 is 6.18 Å². The first-order chi connectivity index (χ1) is 12.8. The van der Waals surface area contributed by atoms with Crippen molar-refractivity contribution >= 4 is 17.3 Å². The van der Waals surface area contributed by atoms with E-state index >= 15 is 0 Å². The minimum atomic E-state index is -4.36. The fraction of sp³-hybridized carbons (Fsp3) is 0.286. The van der Waals surface area contributed by atoms with Crippen molar-refractivity contribution in [2.24, 2.45) is 5.92 Å². The maximum absolute atomic E-state index is 12.9. The van der Waals surface area contributed by atoms with Crippen LogP contribution >= 0.6 is 0 Å². The molecule has 3 nitrogen and oxygen atoms in total. The SMILES string of the molecule is C=CC(=O)NC(C)C1Cc2ccccc2N(c2ccc(C(F)(F)F)cc2)C1. The van der Waals surface area contributed by atoms with Gasteiger partial charge in [-0.15, -0.1) is 0 Å². The fourth-order valence-corrected chi connectivity index (χ4v) is 3.44. The molecule has 0 aliphatic carbocycles. The minimum Gasteiger partial charge on any atom is -0.350 e. The van der Waals surface area contributed by atoms with E-state index in [4.69, 9.17) is 0 Å². The zero-order valence-electron chi connectivity index (χ0n) is 15.0. The molecule has 1 heterocycles. The van der Waals surface area contributed by atoms with Gasteiger partial charge in [-0.3, -0.25) is 4.79 Å². The summed E-state index contributed by atoms with van der Waals surface area (Å²) in [4.78, 5) is 13.7. The van der Waals surface area contributed by atoms with E-state index in [-0.39, 0.29) is 17.9 Å². The third-order valence-corrected chi connectivity index (χ3v) is 4.95. The van der Waals surface area contributed by atoms with Crippen molar-refractivity contribution in [3.63, 3.8) is 0 Å². The molecule has 2 aromatic rings. The van der Waals surface area contributed by atoms with Crippen LogP contribution in [-0.2, 0) is 17.4 Å². The summed E-state index contributed by atoms with van der Waals surface area (Å²) in [5.74, 6) is -0.117. The largest absolute Gasteiger partial charge is 0.416 e. The predicted octanol–water partition coefficient (Wildman–Crippen LogP) is 4.71. The van der Waals surface area contributed by atoms with Crippen LogP contribution in [0.25, 0.3) is 0 Å². The number of rotatable bonds is 4. The quantitative estimate of drug-likeness (QED) is 0.787. The second-order valence-electron chi connectivity index (χ2n) is 6.75. The number of halogens is 3. The van der Waals surface area contributed by atoms with Crippen molar-refractivity contribution in [2.75, 3.05) is 11.4 Å². The lowest BCUT2D eigenvalue weighted by Crippen LogP contribution is -2.45. The number of anilines is 2. The first-order valence-corrected chi connectivity index (χ1v) is 8.75. The van der Waals surface area contributed by atoms with Gasteiger partial charge in [0.25, 0.3) is 0 Å². The minimum absolute atomic E-state index is 0.0965. The van der Waals surface area contributed by atoms with E-state index in [0.29, 0.717) is 12.2 Å². The zero-order chi connectivity index (χ0) is 19.6. The van der Waals surface area contributed by atoms with Crippen molar-refractivity contribution in [1.82, 2.24) is 5.32 Å². The summed E-state index contributed by atoms with van der Waals surface area (Å²) in [6.07, 6.45) is -2.34. The molecular formula is C21H21F3N2O. The molecule has 0 spiro atoms.